The number of likely N-dealkylation sites (N-methyl/N-ethyl adjacent to an activating group) is 1. The second-order valence-corrected chi connectivity index (χ2v) is 3.85. The van der Waals surface area contributed by atoms with Gasteiger partial charge in [-0.1, -0.05) is 6.92 Å². The zero-order chi connectivity index (χ0) is 10.6. The molecule has 1 heterocycles. The lowest BCUT2D eigenvalue weighted by Gasteiger charge is -2.29. The van der Waals surface area contributed by atoms with Crippen LogP contribution in [-0.2, 0) is 6.54 Å². The lowest BCUT2D eigenvalue weighted by molar-refractivity contribution is 0.158. The van der Waals surface area contributed by atoms with Crippen LogP contribution >= 0.6 is 0 Å². The molecule has 0 fully saturated rings. The molecular formula is C10H19N3O. The Balaban J connectivity index is 2.69. The molecule has 0 amide bonds. The molecule has 0 aliphatic carbocycles. The van der Waals surface area contributed by atoms with Crippen LogP contribution in [0.3, 0.4) is 0 Å². The van der Waals surface area contributed by atoms with Crippen molar-refractivity contribution < 1.29 is 5.11 Å². The van der Waals surface area contributed by atoms with Crippen LogP contribution in [-0.4, -0.2) is 33.3 Å². The van der Waals surface area contributed by atoms with Crippen LogP contribution in [0.4, 0.5) is 0 Å². The molecule has 0 aliphatic heterocycles. The molecule has 0 bridgehead atoms. The van der Waals surface area contributed by atoms with Gasteiger partial charge in [-0.2, -0.15) is 0 Å². The maximum Gasteiger partial charge on any atom is 0.105 e. The summed E-state index contributed by atoms with van der Waals surface area (Å²) in [5, 5.41) is 12.6. The molecule has 14 heavy (non-hydrogen) atoms. The molecule has 0 saturated heterocycles. The van der Waals surface area contributed by atoms with Gasteiger partial charge in [-0.3, -0.25) is 0 Å². The molecule has 1 unspecified atom stereocenters. The predicted molar refractivity (Wildman–Crippen MR) is 56.1 cm³/mol. The van der Waals surface area contributed by atoms with Gasteiger partial charge >= 0.3 is 0 Å². The Bertz CT molecular complexity index is 285. The van der Waals surface area contributed by atoms with Gasteiger partial charge in [0.2, 0.25) is 0 Å². The highest BCUT2D eigenvalue weighted by molar-refractivity contribution is 4.93. The largest absolute Gasteiger partial charge is 0.394 e. The van der Waals surface area contributed by atoms with Crippen LogP contribution in [0.2, 0.25) is 0 Å². The lowest BCUT2D eigenvalue weighted by atomic mass is 10.0. The fraction of sp³-hybridized carbons (Fsp3) is 0.700. The molecular weight excluding hydrogens is 178 g/mol. The number of hydrogen-bond acceptors (Lipinski definition) is 3. The summed E-state index contributed by atoms with van der Waals surface area (Å²) in [5.74, 6) is 0.975. The van der Waals surface area contributed by atoms with E-state index in [9.17, 15) is 5.11 Å². The number of nitrogens with zero attached hydrogens (tertiary/aromatic N) is 2. The molecule has 0 aliphatic rings. The van der Waals surface area contributed by atoms with Gasteiger partial charge in [-0.05, 0) is 20.4 Å². The Kier molecular flexibility index (Phi) is 3.66. The third kappa shape index (κ3) is 2.56. The first-order valence-electron chi connectivity index (χ1n) is 4.95. The maximum atomic E-state index is 9.31. The molecule has 80 valence electrons. The summed E-state index contributed by atoms with van der Waals surface area (Å²) in [5.41, 5.74) is -0.264. The van der Waals surface area contributed by atoms with Crippen LogP contribution in [0.25, 0.3) is 0 Å². The summed E-state index contributed by atoms with van der Waals surface area (Å²) in [6, 6.07) is 0. The smallest absolute Gasteiger partial charge is 0.105 e. The van der Waals surface area contributed by atoms with Crippen molar-refractivity contribution in [2.75, 3.05) is 13.2 Å². The molecule has 1 aromatic rings. The van der Waals surface area contributed by atoms with Crippen LogP contribution < -0.4 is 5.32 Å². The molecule has 0 spiro atoms. The minimum absolute atomic E-state index is 0.123. The summed E-state index contributed by atoms with van der Waals surface area (Å²) in [7, 11) is 0. The van der Waals surface area contributed by atoms with E-state index in [-0.39, 0.29) is 12.1 Å². The van der Waals surface area contributed by atoms with E-state index >= 15 is 0 Å². The highest BCUT2D eigenvalue weighted by Crippen LogP contribution is 2.08. The highest BCUT2D eigenvalue weighted by Gasteiger charge is 2.22. The standard InChI is InChI=1S/C10H19N3O/c1-4-12-10(3,8-14)7-13-6-5-11-9(13)2/h5-6,12,14H,4,7-8H2,1-3H3. The molecule has 2 N–H and O–H groups in total. The Labute approximate surface area is 85.0 Å². The number of hydrogen-bond donors (Lipinski definition) is 2. The summed E-state index contributed by atoms with van der Waals surface area (Å²) in [6.45, 7) is 7.72. The van der Waals surface area contributed by atoms with Gasteiger partial charge in [0.25, 0.3) is 0 Å². The van der Waals surface area contributed by atoms with Gasteiger partial charge in [-0.15, -0.1) is 0 Å². The van der Waals surface area contributed by atoms with Crippen molar-refractivity contribution in [3.8, 4) is 0 Å². The molecule has 1 aromatic heterocycles. The van der Waals surface area contributed by atoms with Gasteiger partial charge in [0.15, 0.2) is 0 Å². The Morgan fingerprint density at radius 1 is 1.64 bits per heavy atom. The highest BCUT2D eigenvalue weighted by atomic mass is 16.3. The molecule has 1 atom stereocenters. The number of aryl methyl sites for hydroxylation is 1. The van der Waals surface area contributed by atoms with Crippen molar-refractivity contribution in [2.45, 2.75) is 32.9 Å². The topological polar surface area (TPSA) is 50.1 Å². The normalized spacial score (nSPS) is 15.4. The Morgan fingerprint density at radius 2 is 2.36 bits per heavy atom. The average molecular weight is 197 g/mol. The minimum atomic E-state index is -0.264. The van der Waals surface area contributed by atoms with E-state index in [1.807, 2.05) is 31.5 Å². The first-order valence-corrected chi connectivity index (χ1v) is 4.95. The van der Waals surface area contributed by atoms with Gasteiger partial charge in [0.1, 0.15) is 5.82 Å². The molecule has 4 heteroatoms. The van der Waals surface area contributed by atoms with Crippen molar-refractivity contribution >= 4 is 0 Å². The zero-order valence-electron chi connectivity index (χ0n) is 9.12. The van der Waals surface area contributed by atoms with E-state index < -0.39 is 0 Å². The predicted octanol–water partition coefficient (Wildman–Crippen LogP) is 0.552. The first-order chi connectivity index (χ1) is 6.61. The number of aliphatic hydroxyl groups excluding tert-OH is 1. The molecule has 0 saturated carbocycles. The second-order valence-electron chi connectivity index (χ2n) is 3.85. The van der Waals surface area contributed by atoms with Gasteiger partial charge in [-0.25, -0.2) is 4.98 Å². The van der Waals surface area contributed by atoms with Gasteiger partial charge < -0.3 is 15.0 Å². The van der Waals surface area contributed by atoms with Crippen LogP contribution in [0.15, 0.2) is 12.4 Å². The van der Waals surface area contributed by atoms with Crippen molar-refractivity contribution in [2.24, 2.45) is 0 Å². The molecule has 4 nitrogen and oxygen atoms in total. The first kappa shape index (κ1) is 11.2. The summed E-state index contributed by atoms with van der Waals surface area (Å²) in [4.78, 5) is 4.15. The third-order valence-corrected chi connectivity index (χ3v) is 2.40. The van der Waals surface area contributed by atoms with Crippen LogP contribution in [0.1, 0.15) is 19.7 Å². The third-order valence-electron chi connectivity index (χ3n) is 2.40. The number of imidazole rings is 1. The summed E-state index contributed by atoms with van der Waals surface area (Å²) in [6.07, 6.45) is 3.71. The summed E-state index contributed by atoms with van der Waals surface area (Å²) >= 11 is 0. The second kappa shape index (κ2) is 4.57. The van der Waals surface area contributed by atoms with E-state index in [0.717, 1.165) is 18.9 Å². The number of rotatable bonds is 5. The van der Waals surface area contributed by atoms with Crippen molar-refractivity contribution in [1.29, 1.82) is 0 Å². The Hall–Kier alpha value is -0.870. The van der Waals surface area contributed by atoms with Gasteiger partial charge in [0.05, 0.1) is 12.1 Å². The average Bonchev–Trinajstić information content (AvgIpc) is 2.52. The zero-order valence-corrected chi connectivity index (χ0v) is 9.12. The van der Waals surface area contributed by atoms with E-state index in [4.69, 9.17) is 0 Å². The van der Waals surface area contributed by atoms with Crippen molar-refractivity contribution in [3.63, 3.8) is 0 Å². The van der Waals surface area contributed by atoms with Crippen molar-refractivity contribution in [1.82, 2.24) is 14.9 Å². The molecule has 0 aromatic carbocycles. The van der Waals surface area contributed by atoms with E-state index in [1.165, 1.54) is 0 Å². The lowest BCUT2D eigenvalue weighted by Crippen LogP contribution is -2.49. The Morgan fingerprint density at radius 3 is 2.79 bits per heavy atom. The van der Waals surface area contributed by atoms with E-state index in [2.05, 4.69) is 10.3 Å². The fourth-order valence-electron chi connectivity index (χ4n) is 1.54. The monoisotopic (exact) mass is 197 g/mol. The molecule has 0 radical (unpaired) electrons. The maximum absolute atomic E-state index is 9.31. The van der Waals surface area contributed by atoms with E-state index in [0.29, 0.717) is 0 Å². The summed E-state index contributed by atoms with van der Waals surface area (Å²) < 4.78 is 2.04. The van der Waals surface area contributed by atoms with Crippen LogP contribution in [0.5, 0.6) is 0 Å². The number of nitrogens with one attached hydrogen (secondary N) is 1. The van der Waals surface area contributed by atoms with Crippen molar-refractivity contribution in [3.05, 3.63) is 18.2 Å². The minimum Gasteiger partial charge on any atom is -0.394 e. The SMILES string of the molecule is CCNC(C)(CO)Cn1ccnc1C. The van der Waals surface area contributed by atoms with E-state index in [1.54, 1.807) is 6.20 Å². The molecule has 1 rings (SSSR count). The fourth-order valence-corrected chi connectivity index (χ4v) is 1.54. The number of aromatic nitrogens is 2. The quantitative estimate of drug-likeness (QED) is 0.725. The van der Waals surface area contributed by atoms with Gasteiger partial charge in [0, 0.05) is 18.9 Å². The van der Waals surface area contributed by atoms with Crippen LogP contribution in [0, 0.1) is 6.92 Å². The number of aliphatic hydroxyl groups is 1.